The zero-order valence-electron chi connectivity index (χ0n) is 16.5. The van der Waals surface area contributed by atoms with Crippen LogP contribution in [0.2, 0.25) is 0 Å². The Bertz CT molecular complexity index is 710. The van der Waals surface area contributed by atoms with Crippen LogP contribution in [-0.2, 0) is 20.9 Å². The molecule has 11 heteroatoms. The first-order chi connectivity index (χ1) is 13.7. The van der Waals surface area contributed by atoms with Gasteiger partial charge in [-0.05, 0) is 24.3 Å². The van der Waals surface area contributed by atoms with Crippen LogP contribution in [0, 0.1) is 16.0 Å². The van der Waals surface area contributed by atoms with E-state index >= 15 is 0 Å². The first-order valence-electron chi connectivity index (χ1n) is 9.18. The minimum absolute atomic E-state index is 0.114. The summed E-state index contributed by atoms with van der Waals surface area (Å²) in [5.74, 6) is -1.53. The van der Waals surface area contributed by atoms with E-state index in [4.69, 9.17) is 16.2 Å². The first-order valence-corrected chi connectivity index (χ1v) is 9.18. The highest BCUT2D eigenvalue weighted by Crippen LogP contribution is 2.08. The molecule has 0 aliphatic carbocycles. The van der Waals surface area contributed by atoms with Gasteiger partial charge in [0.1, 0.15) is 12.6 Å². The van der Waals surface area contributed by atoms with Crippen LogP contribution in [0.25, 0.3) is 0 Å². The number of nitrogens with one attached hydrogen (secondary N) is 2. The second-order valence-electron chi connectivity index (χ2n) is 6.71. The Kier molecular flexibility index (Phi) is 10.1. The topological polar surface area (TPSA) is 175 Å². The Labute approximate surface area is 169 Å². The van der Waals surface area contributed by atoms with Crippen molar-refractivity contribution in [2.75, 3.05) is 6.54 Å². The highest BCUT2D eigenvalue weighted by Gasteiger charge is 2.27. The maximum Gasteiger partial charge on any atom is 0.329 e. The minimum Gasteiger partial charge on any atom is -0.459 e. The predicted molar refractivity (Wildman–Crippen MR) is 107 cm³/mol. The molecule has 1 rings (SSSR count). The number of nitro groups is 1. The molecule has 0 radical (unpaired) electrons. The van der Waals surface area contributed by atoms with E-state index < -0.39 is 29.0 Å². The minimum atomic E-state index is -0.863. The Hall–Kier alpha value is -3.21. The summed E-state index contributed by atoms with van der Waals surface area (Å²) in [6.07, 6.45) is 0.657. The van der Waals surface area contributed by atoms with Crippen molar-refractivity contribution in [1.29, 1.82) is 0 Å². The molecule has 0 aliphatic rings. The summed E-state index contributed by atoms with van der Waals surface area (Å²) in [6.45, 7) is 3.86. The third-order valence-electron chi connectivity index (χ3n) is 3.94. The Morgan fingerprint density at radius 2 is 1.93 bits per heavy atom. The fourth-order valence-corrected chi connectivity index (χ4v) is 2.35. The van der Waals surface area contributed by atoms with E-state index in [1.807, 2.05) is 30.3 Å². The van der Waals surface area contributed by atoms with Gasteiger partial charge in [-0.1, -0.05) is 49.6 Å². The van der Waals surface area contributed by atoms with Crippen LogP contribution < -0.4 is 22.2 Å². The number of amides is 1. The van der Waals surface area contributed by atoms with Crippen molar-refractivity contribution >= 4 is 17.8 Å². The molecule has 2 atom stereocenters. The number of rotatable bonds is 11. The van der Waals surface area contributed by atoms with Crippen molar-refractivity contribution in [3.8, 4) is 0 Å². The van der Waals surface area contributed by atoms with Gasteiger partial charge in [0.25, 0.3) is 5.96 Å². The van der Waals surface area contributed by atoms with Crippen molar-refractivity contribution in [3.05, 3.63) is 46.0 Å². The first kappa shape index (κ1) is 23.8. The maximum absolute atomic E-state index is 12.4. The van der Waals surface area contributed by atoms with Crippen LogP contribution in [0.3, 0.4) is 0 Å². The van der Waals surface area contributed by atoms with Crippen molar-refractivity contribution in [3.63, 3.8) is 0 Å². The quantitative estimate of drug-likeness (QED) is 0.0993. The molecule has 1 amide bonds. The summed E-state index contributed by atoms with van der Waals surface area (Å²) in [4.78, 5) is 38.6. The lowest BCUT2D eigenvalue weighted by Gasteiger charge is -2.22. The van der Waals surface area contributed by atoms with Gasteiger partial charge in [-0.2, -0.15) is 0 Å². The molecule has 0 fully saturated rings. The number of carbonyl (C=O) groups excluding carboxylic acids is 2. The zero-order chi connectivity index (χ0) is 21.8. The number of guanidine groups is 1. The number of nitrogens with two attached hydrogens (primary N) is 2. The van der Waals surface area contributed by atoms with Gasteiger partial charge in [-0.15, -0.1) is 0 Å². The maximum atomic E-state index is 12.4. The fourth-order valence-electron chi connectivity index (χ4n) is 2.35. The van der Waals surface area contributed by atoms with Crippen molar-refractivity contribution < 1.29 is 19.4 Å². The van der Waals surface area contributed by atoms with Gasteiger partial charge < -0.3 is 21.5 Å². The van der Waals surface area contributed by atoms with E-state index in [1.54, 1.807) is 19.3 Å². The van der Waals surface area contributed by atoms with Gasteiger partial charge in [0, 0.05) is 6.54 Å². The molecule has 11 nitrogen and oxygen atoms in total. The highest BCUT2D eigenvalue weighted by molar-refractivity contribution is 5.87. The third-order valence-corrected chi connectivity index (χ3v) is 3.94. The van der Waals surface area contributed by atoms with E-state index in [0.29, 0.717) is 6.42 Å². The van der Waals surface area contributed by atoms with Crippen LogP contribution >= 0.6 is 0 Å². The van der Waals surface area contributed by atoms with E-state index in [-0.39, 0.29) is 31.4 Å². The van der Waals surface area contributed by atoms with Crippen molar-refractivity contribution in [1.82, 2.24) is 10.7 Å². The average molecular weight is 408 g/mol. The summed E-state index contributed by atoms with van der Waals surface area (Å²) in [5.41, 5.74) is 13.7. The number of hydrazine groups is 1. The lowest BCUT2D eigenvalue weighted by atomic mass is 10.0. The van der Waals surface area contributed by atoms with Crippen LogP contribution in [0.5, 0.6) is 0 Å². The molecule has 0 heterocycles. The Morgan fingerprint density at radius 3 is 2.52 bits per heavy atom. The van der Waals surface area contributed by atoms with Gasteiger partial charge >= 0.3 is 5.97 Å². The fraction of sp³-hybridized carbons (Fsp3) is 0.500. The van der Waals surface area contributed by atoms with Gasteiger partial charge in [0.2, 0.25) is 5.91 Å². The van der Waals surface area contributed by atoms with Gasteiger partial charge in [0.15, 0.2) is 5.03 Å². The monoisotopic (exact) mass is 408 g/mol. The number of aliphatic imine (C=N–C) groups is 1. The molecule has 0 spiro atoms. The van der Waals surface area contributed by atoms with Crippen LogP contribution in [0.4, 0.5) is 0 Å². The number of hydrogen-bond donors (Lipinski definition) is 4. The van der Waals surface area contributed by atoms with Gasteiger partial charge in [-0.25, -0.2) is 19.9 Å². The number of hydrogen-bond acceptors (Lipinski definition) is 7. The summed E-state index contributed by atoms with van der Waals surface area (Å²) in [6, 6.07) is 7.53. The largest absolute Gasteiger partial charge is 0.459 e. The van der Waals surface area contributed by atoms with Crippen LogP contribution in [0.15, 0.2) is 35.3 Å². The lowest BCUT2D eigenvalue weighted by molar-refractivity contribution is -0.525. The molecule has 160 valence electrons. The molecule has 0 aromatic heterocycles. The lowest BCUT2D eigenvalue weighted by Crippen LogP contribution is -2.51. The van der Waals surface area contributed by atoms with E-state index in [2.05, 4.69) is 10.3 Å². The molecular formula is C18H28N6O5. The van der Waals surface area contributed by atoms with Crippen LogP contribution in [0.1, 0.15) is 32.3 Å². The summed E-state index contributed by atoms with van der Waals surface area (Å²) in [5, 5.41) is 12.0. The smallest absolute Gasteiger partial charge is 0.329 e. The zero-order valence-corrected chi connectivity index (χ0v) is 16.5. The second-order valence-corrected chi connectivity index (χ2v) is 6.71. The summed E-state index contributed by atoms with van der Waals surface area (Å²) in [7, 11) is 0. The third kappa shape index (κ3) is 9.51. The van der Waals surface area contributed by atoms with E-state index in [1.165, 1.54) is 0 Å². The number of benzene rings is 1. The SMILES string of the molecule is CC(C)[C@H](NC(=O)[C@@H](N)CCCN=C(N)N[N+](=O)[O-])C(=O)OCc1ccccc1. The van der Waals surface area contributed by atoms with Crippen LogP contribution in [-0.4, -0.2) is 41.5 Å². The summed E-state index contributed by atoms with van der Waals surface area (Å²) >= 11 is 0. The van der Waals surface area contributed by atoms with Crippen molar-refractivity contribution in [2.24, 2.45) is 22.4 Å². The van der Waals surface area contributed by atoms with Gasteiger partial charge in [-0.3, -0.25) is 4.79 Å². The van der Waals surface area contributed by atoms with E-state index in [0.717, 1.165) is 5.56 Å². The van der Waals surface area contributed by atoms with E-state index in [9.17, 15) is 19.7 Å². The second kappa shape index (κ2) is 12.3. The summed E-state index contributed by atoms with van der Waals surface area (Å²) < 4.78 is 5.30. The molecule has 6 N–H and O–H groups in total. The molecule has 0 aliphatic heterocycles. The highest BCUT2D eigenvalue weighted by atomic mass is 16.7. The number of ether oxygens (including phenoxy) is 1. The van der Waals surface area contributed by atoms with Crippen molar-refractivity contribution in [2.45, 2.75) is 45.4 Å². The standard InChI is InChI=1S/C18H28N6O5/c1-12(2)15(17(26)29-11-13-7-4-3-5-8-13)22-16(25)14(19)9-6-10-21-18(20)23-24(27)28/h3-5,7-8,12,14-15H,6,9-11,19H2,1-2H3,(H,22,25)(H3,20,21,23)/t14-,15-/m0/s1. The molecule has 29 heavy (non-hydrogen) atoms. The molecule has 1 aromatic carbocycles. The normalized spacial score (nSPS) is 13.4. The Balaban J connectivity index is 2.47. The molecule has 1 aromatic rings. The predicted octanol–water partition coefficient (Wildman–Crippen LogP) is 0.0741. The Morgan fingerprint density at radius 1 is 1.28 bits per heavy atom. The van der Waals surface area contributed by atoms with Gasteiger partial charge in [0.05, 0.1) is 6.04 Å². The molecule has 0 saturated heterocycles. The number of carbonyl (C=O) groups is 2. The average Bonchev–Trinajstić information content (AvgIpc) is 2.67. The molecule has 0 bridgehead atoms. The molecular weight excluding hydrogens is 380 g/mol. The molecule has 0 saturated carbocycles. The number of esters is 1. The number of nitrogens with zero attached hydrogens (tertiary/aromatic N) is 2. The molecule has 0 unspecified atom stereocenters.